The van der Waals surface area contributed by atoms with Crippen LogP contribution in [0.3, 0.4) is 0 Å². The van der Waals surface area contributed by atoms with Crippen LogP contribution in [0, 0.1) is 13.8 Å². The van der Waals surface area contributed by atoms with Crippen LogP contribution < -0.4 is 20.7 Å². The first kappa shape index (κ1) is 32.8. The molecule has 0 aliphatic heterocycles. The Bertz CT molecular complexity index is 1860. The van der Waals surface area contributed by atoms with Gasteiger partial charge < -0.3 is 20.7 Å². The van der Waals surface area contributed by atoms with Gasteiger partial charge in [0.2, 0.25) is 5.91 Å². The first-order chi connectivity index (χ1) is 22.8. The molecule has 0 aliphatic carbocycles. The quantitative estimate of drug-likeness (QED) is 0.0947. The maximum Gasteiger partial charge on any atom is 0.272 e. The van der Waals surface area contributed by atoms with Crippen LogP contribution in [0.25, 0.3) is 6.08 Å². The summed E-state index contributed by atoms with van der Waals surface area (Å²) in [6, 6.07) is 38.9. The van der Waals surface area contributed by atoms with E-state index in [9.17, 15) is 14.4 Å². The second kappa shape index (κ2) is 16.1. The molecule has 0 unspecified atom stereocenters. The molecule has 5 rings (SSSR count). The molecule has 0 radical (unpaired) electrons. The molecule has 236 valence electrons. The second-order valence-electron chi connectivity index (χ2n) is 10.8. The van der Waals surface area contributed by atoms with Gasteiger partial charge in [0.05, 0.1) is 5.75 Å². The van der Waals surface area contributed by atoms with E-state index in [0.717, 1.165) is 21.7 Å². The zero-order valence-electron chi connectivity index (χ0n) is 26.2. The summed E-state index contributed by atoms with van der Waals surface area (Å²) in [6.07, 6.45) is 1.62. The summed E-state index contributed by atoms with van der Waals surface area (Å²) in [7, 11) is 0. The topological polar surface area (TPSA) is 96.5 Å². The van der Waals surface area contributed by atoms with E-state index in [-0.39, 0.29) is 17.4 Å². The maximum absolute atomic E-state index is 13.5. The monoisotopic (exact) mass is 641 g/mol. The van der Waals surface area contributed by atoms with Crippen LogP contribution in [-0.4, -0.2) is 23.5 Å². The number of hydrogen-bond donors (Lipinski definition) is 3. The Labute approximate surface area is 279 Å². The molecule has 3 N–H and O–H groups in total. The van der Waals surface area contributed by atoms with E-state index in [1.54, 1.807) is 42.5 Å². The molecule has 5 aromatic carbocycles. The molecule has 0 saturated heterocycles. The van der Waals surface area contributed by atoms with Gasteiger partial charge in [-0.15, -0.1) is 11.8 Å². The molecule has 0 fully saturated rings. The zero-order valence-corrected chi connectivity index (χ0v) is 27.0. The Hall–Kier alpha value is -5.60. The van der Waals surface area contributed by atoms with Gasteiger partial charge in [-0.3, -0.25) is 14.4 Å². The number of aryl methyl sites for hydroxylation is 2. The number of benzene rings is 5. The largest absolute Gasteiger partial charge is 0.489 e. The summed E-state index contributed by atoms with van der Waals surface area (Å²) < 4.78 is 5.88. The van der Waals surface area contributed by atoms with Crippen molar-refractivity contribution in [3.05, 3.63) is 161 Å². The van der Waals surface area contributed by atoms with Crippen LogP contribution in [0.1, 0.15) is 32.6 Å². The summed E-state index contributed by atoms with van der Waals surface area (Å²) in [5, 5.41) is 8.56. The van der Waals surface area contributed by atoms with E-state index >= 15 is 0 Å². The Balaban J connectivity index is 1.22. The number of carbonyl (C=O) groups is 3. The molecule has 0 saturated carbocycles. The van der Waals surface area contributed by atoms with Crippen molar-refractivity contribution in [2.45, 2.75) is 25.3 Å². The number of ether oxygens (including phenoxy) is 1. The molecule has 0 aliphatic rings. The Kier molecular flexibility index (Phi) is 11.2. The van der Waals surface area contributed by atoms with Crippen molar-refractivity contribution in [1.29, 1.82) is 0 Å². The number of hydrogen-bond acceptors (Lipinski definition) is 5. The lowest BCUT2D eigenvalue weighted by Crippen LogP contribution is -2.30. The van der Waals surface area contributed by atoms with Gasteiger partial charge >= 0.3 is 0 Å². The third-order valence-electron chi connectivity index (χ3n) is 7.24. The molecular weight excluding hydrogens is 607 g/mol. The summed E-state index contributed by atoms with van der Waals surface area (Å²) >= 11 is 1.40. The smallest absolute Gasteiger partial charge is 0.272 e. The van der Waals surface area contributed by atoms with Gasteiger partial charge in [0, 0.05) is 21.8 Å². The average molecular weight is 642 g/mol. The molecule has 0 bridgehead atoms. The fraction of sp³-hybridized carbons (Fsp3) is 0.103. The van der Waals surface area contributed by atoms with Crippen molar-refractivity contribution < 1.29 is 19.1 Å². The number of carbonyl (C=O) groups excluding carboxylic acids is 3. The highest BCUT2D eigenvalue weighted by atomic mass is 32.2. The van der Waals surface area contributed by atoms with Crippen LogP contribution in [-0.2, 0) is 16.2 Å². The molecule has 0 atom stereocenters. The minimum atomic E-state index is -0.480. The van der Waals surface area contributed by atoms with Gasteiger partial charge in [-0.2, -0.15) is 0 Å². The van der Waals surface area contributed by atoms with Gasteiger partial charge in [0.25, 0.3) is 11.8 Å². The normalized spacial score (nSPS) is 11.0. The predicted octanol–water partition coefficient (Wildman–Crippen LogP) is 8.02. The van der Waals surface area contributed by atoms with Gasteiger partial charge in [0.15, 0.2) is 0 Å². The summed E-state index contributed by atoms with van der Waals surface area (Å²) in [5.74, 6) is -0.0542. The van der Waals surface area contributed by atoms with Crippen LogP contribution in [0.2, 0.25) is 0 Å². The second-order valence-corrected chi connectivity index (χ2v) is 11.9. The van der Waals surface area contributed by atoms with E-state index in [2.05, 4.69) is 16.0 Å². The minimum Gasteiger partial charge on any atom is -0.489 e. The summed E-state index contributed by atoms with van der Waals surface area (Å²) in [4.78, 5) is 39.8. The molecule has 0 heterocycles. The van der Waals surface area contributed by atoms with Crippen molar-refractivity contribution in [2.24, 2.45) is 0 Å². The molecular formula is C39H35N3O4S. The summed E-state index contributed by atoms with van der Waals surface area (Å²) in [6.45, 7) is 4.48. The molecule has 3 amide bonds. The predicted molar refractivity (Wildman–Crippen MR) is 189 cm³/mol. The molecule has 0 spiro atoms. The molecule has 8 heteroatoms. The fourth-order valence-corrected chi connectivity index (χ4v) is 5.21. The Morgan fingerprint density at radius 3 is 2.04 bits per heavy atom. The van der Waals surface area contributed by atoms with E-state index in [1.807, 2.05) is 105 Å². The summed E-state index contributed by atoms with van der Waals surface area (Å²) in [5.41, 5.74) is 5.89. The highest BCUT2D eigenvalue weighted by Crippen LogP contribution is 2.22. The third kappa shape index (κ3) is 9.94. The van der Waals surface area contributed by atoms with E-state index in [1.165, 1.54) is 17.3 Å². The standard InChI is InChI=1S/C39H35N3O4S/c1-27-13-16-33(23-28(27)2)40-37(43)26-47-35-21-17-32(18-22-35)41-39(45)36(42-38(44)31-11-7-4-8-12-31)24-29-14-19-34(20-15-29)46-25-30-9-5-3-6-10-30/h3-24H,25-26H2,1-2H3,(H,40,43)(H,41,45)(H,42,44)/b36-24-. The number of thioether (sulfide) groups is 1. The SMILES string of the molecule is Cc1ccc(NC(=O)CSc2ccc(NC(=O)/C(=C/c3ccc(OCc4ccccc4)cc3)NC(=O)c3ccccc3)cc2)cc1C. The van der Waals surface area contributed by atoms with Crippen molar-refractivity contribution in [2.75, 3.05) is 16.4 Å². The van der Waals surface area contributed by atoms with E-state index in [0.29, 0.717) is 29.2 Å². The molecule has 47 heavy (non-hydrogen) atoms. The third-order valence-corrected chi connectivity index (χ3v) is 8.25. The average Bonchev–Trinajstić information content (AvgIpc) is 3.09. The molecule has 7 nitrogen and oxygen atoms in total. The number of rotatable bonds is 12. The first-order valence-electron chi connectivity index (χ1n) is 15.1. The highest BCUT2D eigenvalue weighted by Gasteiger charge is 2.15. The molecule has 5 aromatic rings. The lowest BCUT2D eigenvalue weighted by Gasteiger charge is -2.12. The van der Waals surface area contributed by atoms with Gasteiger partial charge in [0.1, 0.15) is 18.1 Å². The lowest BCUT2D eigenvalue weighted by molar-refractivity contribution is -0.114. The fourth-order valence-electron chi connectivity index (χ4n) is 4.51. The van der Waals surface area contributed by atoms with Crippen molar-refractivity contribution >= 4 is 46.9 Å². The highest BCUT2D eigenvalue weighted by molar-refractivity contribution is 8.00. The van der Waals surface area contributed by atoms with Crippen LogP contribution in [0.15, 0.2) is 138 Å². The minimum absolute atomic E-state index is 0.0817. The first-order valence-corrected chi connectivity index (χ1v) is 16.1. The number of anilines is 2. The van der Waals surface area contributed by atoms with Crippen LogP contribution >= 0.6 is 11.8 Å². The van der Waals surface area contributed by atoms with Gasteiger partial charge in [-0.25, -0.2) is 0 Å². The zero-order chi connectivity index (χ0) is 33.0. The van der Waals surface area contributed by atoms with Gasteiger partial charge in [-0.05, 0) is 103 Å². The van der Waals surface area contributed by atoms with Gasteiger partial charge in [-0.1, -0.05) is 66.7 Å². The van der Waals surface area contributed by atoms with Crippen molar-refractivity contribution in [1.82, 2.24) is 5.32 Å². The lowest BCUT2D eigenvalue weighted by atomic mass is 10.1. The molecule has 0 aromatic heterocycles. The van der Waals surface area contributed by atoms with E-state index < -0.39 is 11.8 Å². The van der Waals surface area contributed by atoms with Crippen molar-refractivity contribution in [3.63, 3.8) is 0 Å². The van der Waals surface area contributed by atoms with Crippen LogP contribution in [0.5, 0.6) is 5.75 Å². The van der Waals surface area contributed by atoms with E-state index in [4.69, 9.17) is 4.74 Å². The number of amides is 3. The Morgan fingerprint density at radius 1 is 0.702 bits per heavy atom. The number of nitrogens with one attached hydrogen (secondary N) is 3. The van der Waals surface area contributed by atoms with Crippen molar-refractivity contribution in [3.8, 4) is 5.75 Å². The van der Waals surface area contributed by atoms with Crippen LogP contribution in [0.4, 0.5) is 11.4 Å². The maximum atomic E-state index is 13.5. The Morgan fingerprint density at radius 2 is 1.36 bits per heavy atom.